The third-order valence-corrected chi connectivity index (χ3v) is 3.05. The van der Waals surface area contributed by atoms with Gasteiger partial charge >= 0.3 is 0 Å². The van der Waals surface area contributed by atoms with Gasteiger partial charge in [-0.2, -0.15) is 5.10 Å². The Morgan fingerprint density at radius 2 is 2.29 bits per heavy atom. The fraction of sp³-hybridized carbons (Fsp3) is 0.400. The molecule has 1 aromatic heterocycles. The third kappa shape index (κ3) is 4.59. The Bertz CT molecular complexity index is 602. The molecular formula is C15H22N6. The first-order valence-electron chi connectivity index (χ1n) is 7.21. The number of rotatable bonds is 6. The van der Waals surface area contributed by atoms with E-state index in [-0.39, 0.29) is 0 Å². The number of unbranched alkanes of at least 4 members (excludes halogenated alkanes) is 1. The van der Waals surface area contributed by atoms with Crippen molar-refractivity contribution in [3.8, 4) is 11.4 Å². The van der Waals surface area contributed by atoms with Gasteiger partial charge in [0.1, 0.15) is 5.82 Å². The number of benzene rings is 1. The molecule has 0 unspecified atom stereocenters. The summed E-state index contributed by atoms with van der Waals surface area (Å²) in [4.78, 5) is 8.67. The van der Waals surface area contributed by atoms with Gasteiger partial charge in [0.05, 0.1) is 6.54 Å². The number of hydrogen-bond donors (Lipinski definition) is 3. The summed E-state index contributed by atoms with van der Waals surface area (Å²) in [5.41, 5.74) is 7.88. The van der Waals surface area contributed by atoms with E-state index >= 15 is 0 Å². The molecule has 0 atom stereocenters. The minimum atomic E-state index is 0.489. The third-order valence-electron chi connectivity index (χ3n) is 3.05. The van der Waals surface area contributed by atoms with Crippen LogP contribution in [0.15, 0.2) is 29.3 Å². The van der Waals surface area contributed by atoms with Gasteiger partial charge in [-0.3, -0.25) is 5.10 Å². The van der Waals surface area contributed by atoms with Gasteiger partial charge in [0.15, 0.2) is 11.8 Å². The van der Waals surface area contributed by atoms with Crippen molar-refractivity contribution in [3.05, 3.63) is 35.7 Å². The minimum absolute atomic E-state index is 0.489. The molecular weight excluding hydrogens is 264 g/mol. The molecule has 2 rings (SSSR count). The van der Waals surface area contributed by atoms with Gasteiger partial charge in [0.2, 0.25) is 0 Å². The molecule has 0 fully saturated rings. The van der Waals surface area contributed by atoms with Gasteiger partial charge in [-0.1, -0.05) is 31.5 Å². The first kappa shape index (κ1) is 15.0. The van der Waals surface area contributed by atoms with Crippen molar-refractivity contribution in [3.63, 3.8) is 0 Å². The molecule has 21 heavy (non-hydrogen) atoms. The van der Waals surface area contributed by atoms with E-state index in [0.29, 0.717) is 18.3 Å². The summed E-state index contributed by atoms with van der Waals surface area (Å²) in [5.74, 6) is 1.99. The number of aromatic amines is 1. The van der Waals surface area contributed by atoms with Crippen molar-refractivity contribution in [2.45, 2.75) is 33.2 Å². The molecule has 0 radical (unpaired) electrons. The summed E-state index contributed by atoms with van der Waals surface area (Å²) in [7, 11) is 0. The van der Waals surface area contributed by atoms with Crippen LogP contribution in [0.5, 0.6) is 0 Å². The number of aliphatic imine (C=N–C) groups is 1. The number of aryl methyl sites for hydroxylation is 1. The summed E-state index contributed by atoms with van der Waals surface area (Å²) in [6.45, 7) is 5.43. The molecule has 1 heterocycles. The Morgan fingerprint density at radius 1 is 1.43 bits per heavy atom. The van der Waals surface area contributed by atoms with Crippen LogP contribution in [0.1, 0.15) is 31.2 Å². The van der Waals surface area contributed by atoms with Crippen LogP contribution in [0, 0.1) is 6.92 Å². The van der Waals surface area contributed by atoms with E-state index in [0.717, 1.165) is 36.3 Å². The molecule has 0 saturated heterocycles. The molecule has 0 spiro atoms. The van der Waals surface area contributed by atoms with Crippen molar-refractivity contribution in [2.24, 2.45) is 10.7 Å². The standard InChI is InChI=1S/C15H22N6/c1-3-4-8-17-15(16)18-10-12-6-5-7-13(9-12)14-19-11(2)20-21-14/h5-7,9H,3-4,8,10H2,1-2H3,(H3,16,17,18)(H,19,20,21). The van der Waals surface area contributed by atoms with E-state index in [1.54, 1.807) is 0 Å². The molecule has 0 aliphatic rings. The normalized spacial score (nSPS) is 11.6. The Balaban J connectivity index is 1.99. The van der Waals surface area contributed by atoms with E-state index in [9.17, 15) is 0 Å². The van der Waals surface area contributed by atoms with Crippen LogP contribution in [0.2, 0.25) is 0 Å². The lowest BCUT2D eigenvalue weighted by atomic mass is 10.1. The maximum Gasteiger partial charge on any atom is 0.188 e. The van der Waals surface area contributed by atoms with Gasteiger partial charge in [-0.25, -0.2) is 9.98 Å². The van der Waals surface area contributed by atoms with Gasteiger partial charge in [0.25, 0.3) is 0 Å². The van der Waals surface area contributed by atoms with Crippen LogP contribution in [0.4, 0.5) is 0 Å². The molecule has 0 amide bonds. The highest BCUT2D eigenvalue weighted by molar-refractivity contribution is 5.77. The number of nitrogens with zero attached hydrogens (tertiary/aromatic N) is 3. The SMILES string of the molecule is CCCCNC(N)=NCc1cccc(-c2n[nH]c(C)n2)c1. The molecule has 4 N–H and O–H groups in total. The second-order valence-corrected chi connectivity index (χ2v) is 4.93. The Hall–Kier alpha value is -2.37. The summed E-state index contributed by atoms with van der Waals surface area (Å²) in [6, 6.07) is 8.02. The topological polar surface area (TPSA) is 92.0 Å². The highest BCUT2D eigenvalue weighted by Gasteiger charge is 2.04. The van der Waals surface area contributed by atoms with Gasteiger partial charge < -0.3 is 11.1 Å². The summed E-state index contributed by atoms with van der Waals surface area (Å²) >= 11 is 0. The molecule has 0 aliphatic heterocycles. The number of guanidine groups is 1. The molecule has 112 valence electrons. The zero-order valence-electron chi connectivity index (χ0n) is 12.6. The fourth-order valence-corrected chi connectivity index (χ4v) is 1.91. The lowest BCUT2D eigenvalue weighted by Gasteiger charge is -2.05. The molecule has 0 aliphatic carbocycles. The maximum absolute atomic E-state index is 5.82. The molecule has 6 heteroatoms. The maximum atomic E-state index is 5.82. The summed E-state index contributed by atoms with van der Waals surface area (Å²) in [6.07, 6.45) is 2.23. The predicted octanol–water partition coefficient (Wildman–Crippen LogP) is 1.98. The zero-order valence-corrected chi connectivity index (χ0v) is 12.6. The smallest absolute Gasteiger partial charge is 0.188 e. The number of nitrogens with one attached hydrogen (secondary N) is 2. The van der Waals surface area contributed by atoms with Crippen LogP contribution in [-0.4, -0.2) is 27.7 Å². The fourth-order valence-electron chi connectivity index (χ4n) is 1.91. The monoisotopic (exact) mass is 286 g/mol. The van der Waals surface area contributed by atoms with Gasteiger partial charge in [-0.05, 0) is 25.0 Å². The predicted molar refractivity (Wildman–Crippen MR) is 84.8 cm³/mol. The lowest BCUT2D eigenvalue weighted by Crippen LogP contribution is -2.32. The van der Waals surface area contributed by atoms with Crippen LogP contribution < -0.4 is 11.1 Å². The molecule has 0 bridgehead atoms. The minimum Gasteiger partial charge on any atom is -0.370 e. The molecule has 1 aromatic carbocycles. The summed E-state index contributed by atoms with van der Waals surface area (Å²) < 4.78 is 0. The van der Waals surface area contributed by atoms with Gasteiger partial charge in [0, 0.05) is 12.1 Å². The van der Waals surface area contributed by atoms with Crippen molar-refractivity contribution in [2.75, 3.05) is 6.54 Å². The van der Waals surface area contributed by atoms with Crippen LogP contribution in [0.25, 0.3) is 11.4 Å². The number of H-pyrrole nitrogens is 1. The first-order valence-corrected chi connectivity index (χ1v) is 7.21. The second-order valence-electron chi connectivity index (χ2n) is 4.93. The van der Waals surface area contributed by atoms with Gasteiger partial charge in [-0.15, -0.1) is 0 Å². The van der Waals surface area contributed by atoms with Crippen LogP contribution in [0.3, 0.4) is 0 Å². The van der Waals surface area contributed by atoms with Crippen LogP contribution in [-0.2, 0) is 6.54 Å². The number of nitrogens with two attached hydrogens (primary N) is 1. The molecule has 0 saturated carbocycles. The number of aromatic nitrogens is 3. The Labute approximate surface area is 124 Å². The highest BCUT2D eigenvalue weighted by Crippen LogP contribution is 2.16. The van der Waals surface area contributed by atoms with E-state index in [4.69, 9.17) is 5.73 Å². The molecule has 2 aromatic rings. The Kier molecular flexibility index (Phi) is 5.31. The summed E-state index contributed by atoms with van der Waals surface area (Å²) in [5, 5.41) is 10.1. The molecule has 6 nitrogen and oxygen atoms in total. The van der Waals surface area contributed by atoms with E-state index in [1.807, 2.05) is 31.2 Å². The average molecular weight is 286 g/mol. The van der Waals surface area contributed by atoms with Crippen molar-refractivity contribution in [1.29, 1.82) is 0 Å². The highest BCUT2D eigenvalue weighted by atomic mass is 15.2. The number of hydrogen-bond acceptors (Lipinski definition) is 3. The first-order chi connectivity index (χ1) is 10.2. The van der Waals surface area contributed by atoms with E-state index < -0.39 is 0 Å². The zero-order chi connectivity index (χ0) is 15.1. The quantitative estimate of drug-likeness (QED) is 0.430. The Morgan fingerprint density at radius 3 is 3.00 bits per heavy atom. The largest absolute Gasteiger partial charge is 0.370 e. The van der Waals surface area contributed by atoms with E-state index in [2.05, 4.69) is 32.4 Å². The van der Waals surface area contributed by atoms with Crippen molar-refractivity contribution in [1.82, 2.24) is 20.5 Å². The average Bonchev–Trinajstić information content (AvgIpc) is 2.92. The van der Waals surface area contributed by atoms with Crippen molar-refractivity contribution < 1.29 is 0 Å². The van der Waals surface area contributed by atoms with E-state index in [1.165, 1.54) is 0 Å². The van der Waals surface area contributed by atoms with Crippen molar-refractivity contribution >= 4 is 5.96 Å². The second kappa shape index (κ2) is 7.42. The lowest BCUT2D eigenvalue weighted by molar-refractivity contribution is 0.748. The van der Waals surface area contributed by atoms with Crippen LogP contribution >= 0.6 is 0 Å².